The molecule has 1 N–H and O–H groups in total. The Balaban J connectivity index is 0.00000289. The molecule has 1 fully saturated rings. The first-order valence-corrected chi connectivity index (χ1v) is 14.1. The van der Waals surface area contributed by atoms with Gasteiger partial charge in [-0.05, 0) is 24.3 Å². The first-order chi connectivity index (χ1) is 16.1. The number of hydrogen-bond acceptors (Lipinski definition) is 7. The summed E-state index contributed by atoms with van der Waals surface area (Å²) >= 11 is 0. The van der Waals surface area contributed by atoms with Crippen LogP contribution in [-0.4, -0.2) is 70.0 Å². The summed E-state index contributed by atoms with van der Waals surface area (Å²) in [6, 6.07) is 13.2. The van der Waals surface area contributed by atoms with E-state index in [1.165, 1.54) is 10.7 Å². The van der Waals surface area contributed by atoms with E-state index in [1.807, 2.05) is 0 Å². The summed E-state index contributed by atoms with van der Waals surface area (Å²) in [5.41, 5.74) is 2.15. The number of nitrogens with one attached hydrogen (secondary N) is 1. The number of ether oxygens (including phenoxy) is 1. The average molecular weight is 505 g/mol. The molecule has 2 aromatic carbocycles. The first-order valence-electron chi connectivity index (χ1n) is 10.5. The van der Waals surface area contributed by atoms with Gasteiger partial charge in [-0.3, -0.25) is 9.52 Å². The van der Waals surface area contributed by atoms with E-state index in [0.717, 1.165) is 6.26 Å². The minimum atomic E-state index is -3.68. The maximum Gasteiger partial charge on any atom is 0.274 e. The highest BCUT2D eigenvalue weighted by Crippen LogP contribution is 2.41. The number of sulfone groups is 1. The summed E-state index contributed by atoms with van der Waals surface area (Å²) in [7, 11) is -7.20. The molecule has 2 aliphatic rings. The van der Waals surface area contributed by atoms with Crippen molar-refractivity contribution < 1.29 is 27.8 Å². The topological polar surface area (TPSA) is 128 Å². The van der Waals surface area contributed by atoms with Crippen LogP contribution in [0, 0.1) is 0 Å². The quantitative estimate of drug-likeness (QED) is 0.575. The van der Waals surface area contributed by atoms with Crippen LogP contribution >= 0.6 is 0 Å². The fourth-order valence-corrected chi connectivity index (χ4v) is 6.40. The van der Waals surface area contributed by atoms with Crippen LogP contribution < -0.4 is 4.72 Å². The summed E-state index contributed by atoms with van der Waals surface area (Å²) in [4.78, 5) is 15.2. The molecule has 3 aromatic rings. The van der Waals surface area contributed by atoms with E-state index in [1.54, 1.807) is 47.4 Å². The lowest BCUT2D eigenvalue weighted by molar-refractivity contribution is 0.0298. The molecule has 1 amide bonds. The molecule has 1 aromatic heterocycles. The van der Waals surface area contributed by atoms with Crippen molar-refractivity contribution in [3.05, 3.63) is 59.8 Å². The zero-order valence-corrected chi connectivity index (χ0v) is 19.9. The van der Waals surface area contributed by atoms with Crippen molar-refractivity contribution in [2.75, 3.05) is 37.3 Å². The van der Waals surface area contributed by atoms with E-state index in [9.17, 15) is 21.6 Å². The maximum atomic E-state index is 13.4. The van der Waals surface area contributed by atoms with Gasteiger partial charge < -0.3 is 9.64 Å². The number of benzene rings is 2. The Kier molecular flexibility index (Phi) is 5.46. The van der Waals surface area contributed by atoms with Gasteiger partial charge in [-0.15, -0.1) is 0 Å². The molecule has 0 spiro atoms. The van der Waals surface area contributed by atoms with Gasteiger partial charge in [0, 0.05) is 25.6 Å². The number of rotatable bonds is 4. The standard InChI is InChI=1S/C22H22N4O6S2.H2/c1-33(28,29)24-15-5-4-6-16(13-15)26-21-17-7-2-3-8-19(17)34(30,31)14-18(21)20(23-26)22(27)25-9-11-32-12-10-25;/h2-8,13,24H,9-12,14H2,1H3;1H. The molecular weight excluding hydrogens is 480 g/mol. The van der Waals surface area contributed by atoms with Crippen molar-refractivity contribution in [3.63, 3.8) is 0 Å². The highest BCUT2D eigenvalue weighted by molar-refractivity contribution is 7.92. The number of carbonyl (C=O) groups is 1. The molecule has 0 saturated carbocycles. The molecule has 5 rings (SSSR count). The Morgan fingerprint density at radius 2 is 1.85 bits per heavy atom. The zero-order chi connectivity index (χ0) is 24.1. The van der Waals surface area contributed by atoms with Crippen molar-refractivity contribution in [2.45, 2.75) is 10.6 Å². The van der Waals surface area contributed by atoms with Crippen LogP contribution in [0.1, 0.15) is 17.5 Å². The number of hydrogen-bond donors (Lipinski definition) is 1. The molecule has 1 saturated heterocycles. The summed E-state index contributed by atoms with van der Waals surface area (Å²) in [6.07, 6.45) is 1.05. The van der Waals surface area contributed by atoms with Crippen LogP contribution in [0.4, 0.5) is 5.69 Å². The molecule has 0 unspecified atom stereocenters. The number of sulfonamides is 1. The van der Waals surface area contributed by atoms with Gasteiger partial charge in [-0.1, -0.05) is 24.3 Å². The van der Waals surface area contributed by atoms with Crippen molar-refractivity contribution in [1.29, 1.82) is 0 Å². The number of nitrogens with zero attached hydrogens (tertiary/aromatic N) is 3. The Bertz CT molecular complexity index is 1510. The van der Waals surface area contributed by atoms with Crippen LogP contribution in [-0.2, 0) is 30.4 Å². The van der Waals surface area contributed by atoms with Gasteiger partial charge in [0.1, 0.15) is 0 Å². The summed E-state index contributed by atoms with van der Waals surface area (Å²) in [5.74, 6) is -0.718. The Hall–Kier alpha value is -3.22. The summed E-state index contributed by atoms with van der Waals surface area (Å²) < 4.78 is 58.9. The molecule has 0 radical (unpaired) electrons. The number of amides is 1. The monoisotopic (exact) mass is 504 g/mol. The van der Waals surface area contributed by atoms with E-state index < -0.39 is 19.9 Å². The van der Waals surface area contributed by atoms with Crippen LogP contribution in [0.25, 0.3) is 16.9 Å². The van der Waals surface area contributed by atoms with Crippen LogP contribution in [0.2, 0.25) is 0 Å². The maximum absolute atomic E-state index is 13.4. The lowest BCUT2D eigenvalue weighted by Gasteiger charge is -2.26. The molecule has 0 aliphatic carbocycles. The van der Waals surface area contributed by atoms with Crippen molar-refractivity contribution in [3.8, 4) is 16.9 Å². The Labute approximate surface area is 198 Å². The molecule has 34 heavy (non-hydrogen) atoms. The lowest BCUT2D eigenvalue weighted by atomic mass is 10.0. The Morgan fingerprint density at radius 3 is 2.59 bits per heavy atom. The van der Waals surface area contributed by atoms with E-state index in [-0.39, 0.29) is 23.7 Å². The lowest BCUT2D eigenvalue weighted by Crippen LogP contribution is -2.41. The van der Waals surface area contributed by atoms with Gasteiger partial charge in [0.2, 0.25) is 10.0 Å². The van der Waals surface area contributed by atoms with E-state index in [0.29, 0.717) is 54.5 Å². The number of morpholine rings is 1. The molecule has 2 aliphatic heterocycles. The second kappa shape index (κ2) is 8.22. The second-order valence-electron chi connectivity index (χ2n) is 8.17. The van der Waals surface area contributed by atoms with Gasteiger partial charge in [0.05, 0.1) is 47.2 Å². The SMILES string of the molecule is CS(=O)(=O)Nc1cccc(-n2nc(C(=O)N3CCOCC3)c3c2-c2ccccc2S(=O)(=O)C3)c1.[HH]. The van der Waals surface area contributed by atoms with E-state index in [2.05, 4.69) is 9.82 Å². The third-order valence-electron chi connectivity index (χ3n) is 5.69. The van der Waals surface area contributed by atoms with E-state index in [4.69, 9.17) is 4.74 Å². The zero-order valence-electron chi connectivity index (χ0n) is 18.3. The van der Waals surface area contributed by atoms with Crippen molar-refractivity contribution in [2.24, 2.45) is 0 Å². The third-order valence-corrected chi connectivity index (χ3v) is 7.99. The molecule has 180 valence electrons. The number of aromatic nitrogens is 2. The predicted molar refractivity (Wildman–Crippen MR) is 127 cm³/mol. The van der Waals surface area contributed by atoms with Crippen LogP contribution in [0.3, 0.4) is 0 Å². The molecule has 0 bridgehead atoms. The van der Waals surface area contributed by atoms with Crippen LogP contribution in [0.5, 0.6) is 0 Å². The minimum Gasteiger partial charge on any atom is -0.378 e. The van der Waals surface area contributed by atoms with Gasteiger partial charge >= 0.3 is 0 Å². The highest BCUT2D eigenvalue weighted by Gasteiger charge is 2.37. The third kappa shape index (κ3) is 4.08. The fraction of sp³-hybridized carbons (Fsp3) is 0.273. The number of carbonyl (C=O) groups excluding carboxylic acids is 1. The molecule has 3 heterocycles. The molecule has 10 nitrogen and oxygen atoms in total. The van der Waals surface area contributed by atoms with Gasteiger partial charge in [0.25, 0.3) is 5.91 Å². The van der Waals surface area contributed by atoms with Gasteiger partial charge in [0.15, 0.2) is 15.5 Å². The van der Waals surface area contributed by atoms with Crippen LogP contribution in [0.15, 0.2) is 53.4 Å². The number of anilines is 1. The molecule has 0 atom stereocenters. The summed E-state index contributed by atoms with van der Waals surface area (Å²) in [6.45, 7) is 1.57. The van der Waals surface area contributed by atoms with Gasteiger partial charge in [-0.25, -0.2) is 21.5 Å². The number of fused-ring (bicyclic) bond motifs is 3. The van der Waals surface area contributed by atoms with Crippen molar-refractivity contribution >= 4 is 31.5 Å². The smallest absolute Gasteiger partial charge is 0.274 e. The highest BCUT2D eigenvalue weighted by atomic mass is 32.2. The van der Waals surface area contributed by atoms with E-state index >= 15 is 0 Å². The minimum absolute atomic E-state index is 0. The van der Waals surface area contributed by atoms with Gasteiger partial charge in [-0.2, -0.15) is 5.10 Å². The fourth-order valence-electron chi connectivity index (χ4n) is 4.26. The first kappa shape index (κ1) is 22.6. The van der Waals surface area contributed by atoms with Crippen molar-refractivity contribution in [1.82, 2.24) is 14.7 Å². The molecule has 12 heteroatoms. The summed E-state index contributed by atoms with van der Waals surface area (Å²) in [5, 5.41) is 4.58. The normalized spacial score (nSPS) is 17.0. The second-order valence-corrected chi connectivity index (χ2v) is 11.9. The largest absolute Gasteiger partial charge is 0.378 e. The average Bonchev–Trinajstić information content (AvgIpc) is 3.17. The predicted octanol–water partition coefficient (Wildman–Crippen LogP) is 1.92. The molecular formula is C22H24N4O6S2. The Morgan fingerprint density at radius 1 is 1.12 bits per heavy atom.